The van der Waals surface area contributed by atoms with Crippen LogP contribution >= 0.6 is 0 Å². The van der Waals surface area contributed by atoms with Gasteiger partial charge in [-0.1, -0.05) is 0 Å². The number of aromatic amines is 1. The van der Waals surface area contributed by atoms with Crippen molar-refractivity contribution in [2.24, 2.45) is 23.7 Å². The number of aromatic nitrogens is 4. The summed E-state index contributed by atoms with van der Waals surface area (Å²) in [6.45, 7) is 8.35. The minimum atomic E-state index is -3.05. The van der Waals surface area contributed by atoms with E-state index in [1.54, 1.807) is 6.20 Å². The number of carboxylic acid groups (broad SMARTS) is 1. The van der Waals surface area contributed by atoms with Gasteiger partial charge in [-0.2, -0.15) is 0 Å². The molecule has 3 fully saturated rings. The van der Waals surface area contributed by atoms with Crippen LogP contribution in [0.2, 0.25) is 0 Å². The van der Waals surface area contributed by atoms with Crippen molar-refractivity contribution < 1.29 is 18.7 Å². The van der Waals surface area contributed by atoms with E-state index in [-0.39, 0.29) is 23.1 Å². The average Bonchev–Trinajstić information content (AvgIpc) is 3.22. The summed E-state index contributed by atoms with van der Waals surface area (Å²) in [4.78, 5) is 31.6. The van der Waals surface area contributed by atoms with Crippen molar-refractivity contribution in [3.05, 3.63) is 47.5 Å². The highest BCUT2D eigenvalue weighted by Crippen LogP contribution is 2.50. The first-order valence-corrected chi connectivity index (χ1v) is 11.1. The van der Waals surface area contributed by atoms with Crippen LogP contribution in [0.15, 0.2) is 24.7 Å². The number of nitrogens with one attached hydrogen (secondary N) is 1. The van der Waals surface area contributed by atoms with E-state index < -0.39 is 17.8 Å². The van der Waals surface area contributed by atoms with Crippen LogP contribution in [0.3, 0.4) is 0 Å². The molecule has 0 aromatic carbocycles. The fourth-order valence-electron chi connectivity index (χ4n) is 5.69. The van der Waals surface area contributed by atoms with E-state index in [1.807, 2.05) is 0 Å². The van der Waals surface area contributed by atoms with Crippen molar-refractivity contribution >= 4 is 22.7 Å². The molecule has 3 aliphatic carbocycles. The molecule has 3 aromatic rings. The third kappa shape index (κ3) is 3.73. The van der Waals surface area contributed by atoms with Gasteiger partial charge in [0.05, 0.1) is 18.2 Å². The highest BCUT2D eigenvalue weighted by Gasteiger charge is 2.47. The van der Waals surface area contributed by atoms with Crippen LogP contribution in [-0.2, 0) is 17.1 Å². The topological polar surface area (TPSA) is 96.1 Å². The zero-order valence-corrected chi connectivity index (χ0v) is 18.1. The summed E-state index contributed by atoms with van der Waals surface area (Å²) in [5, 5.41) is 10.3. The van der Waals surface area contributed by atoms with E-state index in [0.717, 1.165) is 38.8 Å². The van der Waals surface area contributed by atoms with Crippen LogP contribution in [0.1, 0.15) is 44.0 Å². The van der Waals surface area contributed by atoms with Crippen LogP contribution in [0.4, 0.5) is 14.5 Å². The van der Waals surface area contributed by atoms with Crippen molar-refractivity contribution in [3.8, 4) is 11.3 Å². The first-order chi connectivity index (χ1) is 15.8. The first-order valence-electron chi connectivity index (χ1n) is 11.1. The van der Waals surface area contributed by atoms with Crippen LogP contribution in [0.5, 0.6) is 0 Å². The van der Waals surface area contributed by atoms with Crippen molar-refractivity contribution in [3.63, 3.8) is 0 Å². The lowest BCUT2D eigenvalue weighted by Crippen LogP contribution is -2.45. The van der Waals surface area contributed by atoms with Gasteiger partial charge in [0.25, 0.3) is 5.92 Å². The molecule has 2 N–H and O–H groups in total. The summed E-state index contributed by atoms with van der Waals surface area (Å²) in [5.74, 6) is -3.28. The normalized spacial score (nSPS) is 24.7. The van der Waals surface area contributed by atoms with Gasteiger partial charge in [-0.3, -0.25) is 9.78 Å². The molecule has 0 unspecified atom stereocenters. The van der Waals surface area contributed by atoms with Crippen molar-refractivity contribution in [1.82, 2.24) is 19.9 Å². The Kier molecular flexibility index (Phi) is 5.11. The maximum Gasteiger partial charge on any atom is 0.307 e. The second-order valence-corrected chi connectivity index (χ2v) is 9.25. The number of carboxylic acids is 1. The van der Waals surface area contributed by atoms with Gasteiger partial charge in [0.2, 0.25) is 5.69 Å². The highest BCUT2D eigenvalue weighted by atomic mass is 19.3. The van der Waals surface area contributed by atoms with Crippen molar-refractivity contribution in [1.29, 1.82) is 0 Å². The van der Waals surface area contributed by atoms with Gasteiger partial charge in [-0.25, -0.2) is 23.6 Å². The molecule has 3 aromatic heterocycles. The van der Waals surface area contributed by atoms with Gasteiger partial charge in [0, 0.05) is 48.4 Å². The zero-order valence-electron chi connectivity index (χ0n) is 18.1. The Labute approximate surface area is 189 Å². The number of carbonyl (C=O) groups is 1. The molecule has 3 heterocycles. The molecule has 6 rings (SSSR count). The Morgan fingerprint density at radius 3 is 2.64 bits per heavy atom. The fraction of sp³-hybridized carbons (Fsp3) is 0.458. The van der Waals surface area contributed by atoms with Crippen LogP contribution in [0.25, 0.3) is 27.1 Å². The molecule has 0 radical (unpaired) electrons. The van der Waals surface area contributed by atoms with Gasteiger partial charge in [0.15, 0.2) is 0 Å². The minimum absolute atomic E-state index is 0.0448. The summed E-state index contributed by atoms with van der Waals surface area (Å²) >= 11 is 0. The quantitative estimate of drug-likeness (QED) is 0.509. The van der Waals surface area contributed by atoms with E-state index in [1.165, 1.54) is 12.3 Å². The van der Waals surface area contributed by atoms with Crippen LogP contribution in [-0.4, -0.2) is 31.0 Å². The lowest BCUT2D eigenvalue weighted by Gasteiger charge is -2.46. The van der Waals surface area contributed by atoms with Gasteiger partial charge in [-0.05, 0) is 49.5 Å². The third-order valence-electron chi connectivity index (χ3n) is 7.33. The predicted octanol–water partition coefficient (Wildman–Crippen LogP) is 5.36. The Morgan fingerprint density at radius 1 is 1.24 bits per heavy atom. The van der Waals surface area contributed by atoms with Gasteiger partial charge < -0.3 is 10.1 Å². The number of nitrogens with zero attached hydrogens (tertiary/aromatic N) is 4. The molecule has 7 nitrogen and oxygen atoms in total. The number of alkyl halides is 2. The number of pyridine rings is 1. The predicted molar refractivity (Wildman–Crippen MR) is 117 cm³/mol. The Morgan fingerprint density at radius 2 is 1.97 bits per heavy atom. The van der Waals surface area contributed by atoms with Crippen LogP contribution < -0.4 is 0 Å². The second-order valence-electron chi connectivity index (χ2n) is 9.25. The summed E-state index contributed by atoms with van der Waals surface area (Å²) in [7, 11) is 0. The maximum atomic E-state index is 13.9. The molecule has 0 saturated heterocycles. The van der Waals surface area contributed by atoms with E-state index in [0.29, 0.717) is 40.5 Å². The number of fused-ring (bicyclic) bond motifs is 4. The van der Waals surface area contributed by atoms with Crippen molar-refractivity contribution in [2.45, 2.75) is 45.0 Å². The molecule has 2 atom stereocenters. The summed E-state index contributed by atoms with van der Waals surface area (Å²) in [6.07, 6.45) is 8.55. The smallest absolute Gasteiger partial charge is 0.307 e. The monoisotopic (exact) mass is 451 g/mol. The zero-order chi connectivity index (χ0) is 23.3. The number of hydrogen-bond acceptors (Lipinski definition) is 4. The molecule has 3 aliphatic rings. The average molecular weight is 451 g/mol. The standard InChI is InChI=1S/C24H23F2N5O2/c1-24(25,26)14-7-16-17(10-30-22(16)29-9-14)21-18(27-2)11-28-19(31-21)8-15-12-3-5-13(6-4-12)20(15)23(32)33/h7,9-13,15,20H,3-6,8H2,1H3,(H,29,30)(H,32,33)/t12?,13?,15-,20-/m1/s1. The van der Waals surface area contributed by atoms with Crippen molar-refractivity contribution in [2.75, 3.05) is 0 Å². The summed E-state index contributed by atoms with van der Waals surface area (Å²) in [5.41, 5.74) is 1.24. The molecule has 3 saturated carbocycles. The van der Waals surface area contributed by atoms with Gasteiger partial charge in [0.1, 0.15) is 11.5 Å². The molecule has 9 heteroatoms. The fourth-order valence-corrected chi connectivity index (χ4v) is 5.69. The van der Waals surface area contributed by atoms with Gasteiger partial charge in [-0.15, -0.1) is 0 Å². The lowest BCUT2D eigenvalue weighted by atomic mass is 9.57. The largest absolute Gasteiger partial charge is 0.481 e. The first kappa shape index (κ1) is 21.4. The number of halogens is 2. The molecule has 0 amide bonds. The molecule has 33 heavy (non-hydrogen) atoms. The molecular weight excluding hydrogens is 428 g/mol. The SMILES string of the molecule is [C-]#[N+]c1cnc(C[C@@H]2C3CCC(CC3)[C@H]2C(=O)O)nc1-c1c[nH]c2ncc(C(C)(F)F)cc12. The number of aliphatic carboxylic acids is 1. The Bertz CT molecular complexity index is 1270. The summed E-state index contributed by atoms with van der Waals surface area (Å²) in [6, 6.07) is 1.37. The number of rotatable bonds is 5. The van der Waals surface area contributed by atoms with Crippen LogP contribution in [0, 0.1) is 30.2 Å². The van der Waals surface area contributed by atoms with Gasteiger partial charge >= 0.3 is 5.97 Å². The summed E-state index contributed by atoms with van der Waals surface area (Å²) < 4.78 is 27.8. The van der Waals surface area contributed by atoms with E-state index in [4.69, 9.17) is 6.57 Å². The lowest BCUT2D eigenvalue weighted by molar-refractivity contribution is -0.152. The maximum absolute atomic E-state index is 13.9. The van der Waals surface area contributed by atoms with E-state index in [2.05, 4.69) is 24.8 Å². The molecule has 0 aliphatic heterocycles. The third-order valence-corrected chi connectivity index (χ3v) is 7.33. The highest BCUT2D eigenvalue weighted by molar-refractivity contribution is 5.96. The minimum Gasteiger partial charge on any atom is -0.481 e. The second kappa shape index (κ2) is 7.87. The number of H-pyrrole nitrogens is 1. The molecule has 0 spiro atoms. The number of hydrogen-bond donors (Lipinski definition) is 2. The Hall–Kier alpha value is -3.41. The Balaban J connectivity index is 1.55. The van der Waals surface area contributed by atoms with E-state index >= 15 is 0 Å². The molecular formula is C24H23F2N5O2. The van der Waals surface area contributed by atoms with E-state index in [9.17, 15) is 18.7 Å². The molecule has 2 bridgehead atoms. The molecule has 170 valence electrons.